The van der Waals surface area contributed by atoms with Gasteiger partial charge < -0.3 is 5.32 Å². The molecule has 172 valence electrons. The smallest absolute Gasteiger partial charge is 0.261 e. The number of hydrogen-bond donors (Lipinski definition) is 1. The van der Waals surface area contributed by atoms with E-state index in [1.807, 2.05) is 0 Å². The molecule has 2 heterocycles. The molecule has 0 unspecified atom stereocenters. The Hall–Kier alpha value is -3.15. The summed E-state index contributed by atoms with van der Waals surface area (Å²) >= 11 is 1.16. The van der Waals surface area contributed by atoms with Crippen LogP contribution in [0.25, 0.3) is 10.2 Å². The van der Waals surface area contributed by atoms with Crippen molar-refractivity contribution in [1.82, 2.24) is 14.2 Å². The zero-order chi connectivity index (χ0) is 23.8. The fourth-order valence-corrected chi connectivity index (χ4v) is 6.15. The third-order valence-electron chi connectivity index (χ3n) is 5.39. The highest BCUT2D eigenvalue weighted by Gasteiger charge is 2.35. The number of hydrogen-bond acceptors (Lipinski definition) is 7. The molecule has 0 radical (unpaired) electrons. The van der Waals surface area contributed by atoms with Gasteiger partial charge in [0.1, 0.15) is 0 Å². The largest absolute Gasteiger partial charge is 0.302 e. The van der Waals surface area contributed by atoms with Crippen LogP contribution in [0, 0.1) is 0 Å². The van der Waals surface area contributed by atoms with Gasteiger partial charge in [0.05, 0.1) is 26.2 Å². The molecule has 3 aromatic rings. The fraction of sp³-hybridized carbons (Fsp3) is 0.273. The predicted molar refractivity (Wildman–Crippen MR) is 125 cm³/mol. The summed E-state index contributed by atoms with van der Waals surface area (Å²) in [5, 5.41) is 2.98. The van der Waals surface area contributed by atoms with E-state index in [1.54, 1.807) is 50.2 Å². The van der Waals surface area contributed by atoms with E-state index >= 15 is 0 Å². The van der Waals surface area contributed by atoms with Crippen molar-refractivity contribution in [2.75, 3.05) is 25.0 Å². The first-order chi connectivity index (χ1) is 15.8. The number of amides is 3. The Morgan fingerprint density at radius 3 is 2.30 bits per heavy atom. The molecule has 11 heteroatoms. The normalized spacial score (nSPS) is 13.7. The molecule has 0 bridgehead atoms. The summed E-state index contributed by atoms with van der Waals surface area (Å²) in [5.41, 5.74) is 1.24. The van der Waals surface area contributed by atoms with Gasteiger partial charge in [-0.25, -0.2) is 13.4 Å². The monoisotopic (exact) mass is 486 g/mol. The van der Waals surface area contributed by atoms with Gasteiger partial charge in [0.2, 0.25) is 15.9 Å². The van der Waals surface area contributed by atoms with E-state index < -0.39 is 27.7 Å². The van der Waals surface area contributed by atoms with Crippen LogP contribution in [0.2, 0.25) is 0 Å². The lowest BCUT2D eigenvalue weighted by molar-refractivity contribution is -0.116. The van der Waals surface area contributed by atoms with Gasteiger partial charge in [0.15, 0.2) is 5.13 Å². The maximum atomic E-state index is 12.7. The molecule has 4 rings (SSSR count). The van der Waals surface area contributed by atoms with Crippen molar-refractivity contribution in [2.24, 2.45) is 0 Å². The number of fused-ring (bicyclic) bond motifs is 2. The predicted octanol–water partition coefficient (Wildman–Crippen LogP) is 2.95. The van der Waals surface area contributed by atoms with Crippen molar-refractivity contribution in [3.63, 3.8) is 0 Å². The highest BCUT2D eigenvalue weighted by atomic mass is 32.2. The van der Waals surface area contributed by atoms with E-state index in [2.05, 4.69) is 10.3 Å². The number of aromatic nitrogens is 1. The van der Waals surface area contributed by atoms with Crippen LogP contribution in [0.5, 0.6) is 0 Å². The quantitative estimate of drug-likeness (QED) is 0.489. The molecule has 0 spiro atoms. The van der Waals surface area contributed by atoms with Crippen LogP contribution < -0.4 is 5.32 Å². The highest BCUT2D eigenvalue weighted by Crippen LogP contribution is 2.29. The Morgan fingerprint density at radius 2 is 1.70 bits per heavy atom. The minimum atomic E-state index is -3.60. The molecular weight excluding hydrogens is 464 g/mol. The van der Waals surface area contributed by atoms with Crippen molar-refractivity contribution in [1.29, 1.82) is 0 Å². The maximum absolute atomic E-state index is 12.7. The molecule has 1 aliphatic rings. The summed E-state index contributed by atoms with van der Waals surface area (Å²) in [6.07, 6.45) is -0.0804. The number of nitrogens with zero attached hydrogens (tertiary/aromatic N) is 3. The van der Waals surface area contributed by atoms with Crippen molar-refractivity contribution in [2.45, 2.75) is 25.2 Å². The maximum Gasteiger partial charge on any atom is 0.261 e. The summed E-state index contributed by atoms with van der Waals surface area (Å²) in [5.74, 6) is -1.22. The van der Waals surface area contributed by atoms with E-state index in [0.29, 0.717) is 39.6 Å². The Morgan fingerprint density at radius 1 is 1.06 bits per heavy atom. The number of carbonyl (C=O) groups is 3. The van der Waals surface area contributed by atoms with Gasteiger partial charge in [-0.1, -0.05) is 37.3 Å². The summed E-state index contributed by atoms with van der Waals surface area (Å²) in [6.45, 7) is 4.25. The molecule has 1 aliphatic heterocycles. The van der Waals surface area contributed by atoms with Crippen LogP contribution >= 0.6 is 11.3 Å². The number of nitrogens with one attached hydrogen (secondary N) is 1. The molecule has 0 saturated carbocycles. The number of thiazole rings is 1. The Bertz CT molecular complexity index is 1330. The minimum Gasteiger partial charge on any atom is -0.302 e. The Balaban J connectivity index is 1.44. The van der Waals surface area contributed by atoms with E-state index in [4.69, 9.17) is 0 Å². The molecule has 1 aromatic heterocycles. The molecule has 0 atom stereocenters. The van der Waals surface area contributed by atoms with E-state index in [1.165, 1.54) is 10.4 Å². The van der Waals surface area contributed by atoms with Crippen molar-refractivity contribution in [3.05, 3.63) is 53.6 Å². The first kappa shape index (κ1) is 23.0. The fourth-order valence-electron chi connectivity index (χ4n) is 3.67. The molecule has 0 aliphatic carbocycles. The SMILES string of the molecule is CCN(CC)S(=O)(=O)c1ccc2nc(NC(=O)CCN3C(=O)c4ccccc4C3=O)sc2c1. The lowest BCUT2D eigenvalue weighted by Gasteiger charge is -2.18. The van der Waals surface area contributed by atoms with Gasteiger partial charge in [-0.3, -0.25) is 19.3 Å². The lowest BCUT2D eigenvalue weighted by atomic mass is 10.1. The van der Waals surface area contributed by atoms with Gasteiger partial charge in [-0.05, 0) is 30.3 Å². The van der Waals surface area contributed by atoms with E-state index in [0.717, 1.165) is 16.2 Å². The average molecular weight is 487 g/mol. The first-order valence-electron chi connectivity index (χ1n) is 10.4. The highest BCUT2D eigenvalue weighted by molar-refractivity contribution is 7.89. The van der Waals surface area contributed by atoms with Crippen LogP contribution in [-0.2, 0) is 14.8 Å². The van der Waals surface area contributed by atoms with E-state index in [-0.39, 0.29) is 17.9 Å². The minimum absolute atomic E-state index is 0.0463. The molecule has 0 fully saturated rings. The number of imide groups is 1. The third-order valence-corrected chi connectivity index (χ3v) is 8.37. The van der Waals surface area contributed by atoms with Crippen LogP contribution in [-0.4, -0.2) is 60.0 Å². The number of anilines is 1. The summed E-state index contributed by atoms with van der Waals surface area (Å²) in [4.78, 5) is 42.8. The Labute approximate surface area is 195 Å². The lowest BCUT2D eigenvalue weighted by Crippen LogP contribution is -2.32. The van der Waals surface area contributed by atoms with Crippen molar-refractivity contribution >= 4 is 54.4 Å². The topological polar surface area (TPSA) is 117 Å². The van der Waals surface area contributed by atoms with Crippen LogP contribution in [0.15, 0.2) is 47.4 Å². The average Bonchev–Trinajstić information content (AvgIpc) is 3.30. The van der Waals surface area contributed by atoms with Crippen molar-refractivity contribution in [3.8, 4) is 0 Å². The number of rotatable bonds is 8. The zero-order valence-corrected chi connectivity index (χ0v) is 19.7. The van der Waals surface area contributed by atoms with Gasteiger partial charge >= 0.3 is 0 Å². The number of benzene rings is 2. The van der Waals surface area contributed by atoms with E-state index in [9.17, 15) is 22.8 Å². The molecule has 3 amide bonds. The van der Waals surface area contributed by atoms with Crippen molar-refractivity contribution < 1.29 is 22.8 Å². The second-order valence-corrected chi connectivity index (χ2v) is 10.3. The second-order valence-electron chi connectivity index (χ2n) is 7.34. The van der Waals surface area contributed by atoms with Gasteiger partial charge in [-0.2, -0.15) is 4.31 Å². The second kappa shape index (κ2) is 9.00. The molecule has 9 nitrogen and oxygen atoms in total. The summed E-state index contributed by atoms with van der Waals surface area (Å²) in [6, 6.07) is 11.2. The molecular formula is C22H22N4O5S2. The van der Waals surface area contributed by atoms with Crippen LogP contribution in [0.1, 0.15) is 41.0 Å². The van der Waals surface area contributed by atoms with Gasteiger partial charge in [-0.15, -0.1) is 0 Å². The molecule has 33 heavy (non-hydrogen) atoms. The first-order valence-corrected chi connectivity index (χ1v) is 12.7. The summed E-state index contributed by atoms with van der Waals surface area (Å²) < 4.78 is 27.5. The van der Waals surface area contributed by atoms with Crippen LogP contribution in [0.4, 0.5) is 5.13 Å². The summed E-state index contributed by atoms with van der Waals surface area (Å²) in [7, 11) is -3.60. The molecule has 1 N–H and O–H groups in total. The third kappa shape index (κ3) is 4.26. The Kier molecular flexibility index (Phi) is 6.28. The number of carbonyl (C=O) groups excluding carboxylic acids is 3. The van der Waals surface area contributed by atoms with Gasteiger partial charge in [0.25, 0.3) is 11.8 Å². The number of sulfonamides is 1. The standard InChI is InChI=1S/C22H22N4O5S2/c1-3-25(4-2)33(30,31)14-9-10-17-18(13-14)32-22(23-17)24-19(27)11-12-26-20(28)15-7-5-6-8-16(15)21(26)29/h5-10,13H,3-4,11-12H2,1-2H3,(H,23,24,27). The molecule has 0 saturated heterocycles. The van der Waals surface area contributed by atoms with Crippen LogP contribution in [0.3, 0.4) is 0 Å². The zero-order valence-electron chi connectivity index (χ0n) is 18.1. The van der Waals surface area contributed by atoms with Gasteiger partial charge in [0, 0.05) is 26.1 Å². The molecule has 2 aromatic carbocycles.